The van der Waals surface area contributed by atoms with Crippen molar-refractivity contribution in [2.75, 3.05) is 4.90 Å². The molecule has 0 aromatic heterocycles. The molecule has 1 aliphatic heterocycles. The molecule has 1 aliphatic rings. The fourth-order valence-corrected chi connectivity index (χ4v) is 6.70. The molecule has 0 bridgehead atoms. The van der Waals surface area contributed by atoms with Crippen LogP contribution < -0.4 is 4.90 Å². The summed E-state index contributed by atoms with van der Waals surface area (Å²) in [5.41, 5.74) is 4.93. The van der Waals surface area contributed by atoms with Crippen molar-refractivity contribution in [1.82, 2.24) is 0 Å². The molecule has 0 amide bonds. The summed E-state index contributed by atoms with van der Waals surface area (Å²) in [5, 5.41) is 0. The third kappa shape index (κ3) is 3.82. The molecule has 30 heavy (non-hydrogen) atoms. The molecule has 0 N–H and O–H groups in total. The molecule has 5 rings (SSSR count). The number of aliphatic imine (C=N–C) groups is 1. The molecular weight excluding hydrogens is 431 g/mol. The summed E-state index contributed by atoms with van der Waals surface area (Å²) in [6, 6.07) is 42.9. The summed E-state index contributed by atoms with van der Waals surface area (Å²) in [4.78, 5) is 8.03. The van der Waals surface area contributed by atoms with Gasteiger partial charge in [-0.2, -0.15) is 0 Å². The average molecular weight is 453 g/mol. The third-order valence-corrected chi connectivity index (χ3v) is 7.92. The van der Waals surface area contributed by atoms with E-state index in [1.165, 1.54) is 27.1 Å². The van der Waals surface area contributed by atoms with E-state index < -0.39 is 0 Å². The molecule has 0 saturated carbocycles. The molecule has 0 unspecified atom stereocenters. The van der Waals surface area contributed by atoms with Crippen LogP contribution in [0.15, 0.2) is 126 Å². The van der Waals surface area contributed by atoms with Gasteiger partial charge in [-0.25, -0.2) is 0 Å². The van der Waals surface area contributed by atoms with E-state index in [4.69, 9.17) is 4.99 Å². The van der Waals surface area contributed by atoms with Crippen LogP contribution in [0.25, 0.3) is 0 Å². The Morgan fingerprint density at radius 2 is 1.03 bits per heavy atom. The number of anilines is 2. The van der Waals surface area contributed by atoms with Crippen LogP contribution in [0, 0.1) is 0 Å². The molecule has 4 aromatic carbocycles. The molecule has 1 heterocycles. The van der Waals surface area contributed by atoms with Crippen molar-refractivity contribution in [2.24, 2.45) is 4.99 Å². The van der Waals surface area contributed by atoms with Crippen molar-refractivity contribution in [3.05, 3.63) is 132 Å². The molecule has 0 saturated heterocycles. The van der Waals surface area contributed by atoms with Gasteiger partial charge in [-0.05, 0) is 0 Å². The Morgan fingerprint density at radius 3 is 1.57 bits per heavy atom. The summed E-state index contributed by atoms with van der Waals surface area (Å²) in [5.74, 6) is 0. The molecule has 0 spiro atoms. The Hall–Kier alpha value is -3.13. The van der Waals surface area contributed by atoms with Gasteiger partial charge in [0.15, 0.2) is 0 Å². The van der Waals surface area contributed by atoms with Gasteiger partial charge in [-0.15, -0.1) is 0 Å². The van der Waals surface area contributed by atoms with Gasteiger partial charge in [0.05, 0.1) is 0 Å². The summed E-state index contributed by atoms with van der Waals surface area (Å²) < 4.78 is 1.24. The van der Waals surface area contributed by atoms with E-state index in [0.29, 0.717) is 0 Å². The first-order chi connectivity index (χ1) is 14.9. The Labute approximate surface area is 184 Å². The van der Waals surface area contributed by atoms with Crippen LogP contribution in [-0.2, 0) is 0 Å². The molecule has 4 aromatic rings. The van der Waals surface area contributed by atoms with Gasteiger partial charge in [0.25, 0.3) is 0 Å². The maximum absolute atomic E-state index is 5.28. The van der Waals surface area contributed by atoms with Crippen LogP contribution in [0.1, 0.15) is 17.2 Å². The predicted molar refractivity (Wildman–Crippen MR) is 127 cm³/mol. The Balaban J connectivity index is 1.62. The first-order valence-electron chi connectivity index (χ1n) is 10.1. The van der Waals surface area contributed by atoms with Gasteiger partial charge in [0.2, 0.25) is 0 Å². The molecular formula is C27H22N2Se. The SMILES string of the molecule is c1ccc(C2=N[C@H](c3ccccc3)[C@@H](N(c3ccccc3)c3ccccc3)[Se]2)cc1. The number of para-hydroxylation sites is 2. The second-order valence-electron chi connectivity index (χ2n) is 7.21. The third-order valence-electron chi connectivity index (χ3n) is 5.24. The normalized spacial score (nSPS) is 18.1. The quantitative estimate of drug-likeness (QED) is 0.336. The van der Waals surface area contributed by atoms with E-state index in [1.54, 1.807) is 0 Å². The zero-order valence-electron chi connectivity index (χ0n) is 16.5. The molecule has 0 radical (unpaired) electrons. The fourth-order valence-electron chi connectivity index (χ4n) is 3.83. The summed E-state index contributed by atoms with van der Waals surface area (Å²) in [6.07, 6.45) is 0. The Bertz CT molecular complexity index is 1070. The van der Waals surface area contributed by atoms with Crippen molar-refractivity contribution in [3.8, 4) is 0 Å². The molecule has 0 fully saturated rings. The van der Waals surface area contributed by atoms with E-state index in [-0.39, 0.29) is 25.9 Å². The average Bonchev–Trinajstić information content (AvgIpc) is 3.27. The van der Waals surface area contributed by atoms with Crippen molar-refractivity contribution >= 4 is 30.9 Å². The number of benzene rings is 4. The van der Waals surface area contributed by atoms with E-state index in [1.807, 2.05) is 0 Å². The molecule has 146 valence electrons. The van der Waals surface area contributed by atoms with Gasteiger partial charge in [-0.3, -0.25) is 0 Å². The number of nitrogens with zero attached hydrogens (tertiary/aromatic N) is 2. The van der Waals surface area contributed by atoms with Crippen molar-refractivity contribution in [2.45, 2.75) is 11.0 Å². The standard InChI is InChI=1S/C27H22N2Se/c1-5-13-21(14-6-1)25-27(30-26(28-25)22-15-7-2-8-16-22)29(23-17-9-3-10-18-23)24-19-11-4-12-20-24/h1-20,25,27H/t25-,27+/m1/s1. The van der Waals surface area contributed by atoms with E-state index in [0.717, 1.165) is 0 Å². The minimum atomic E-state index is 0.0989. The van der Waals surface area contributed by atoms with Crippen LogP contribution in [-0.4, -0.2) is 24.5 Å². The van der Waals surface area contributed by atoms with Crippen LogP contribution in [0.3, 0.4) is 0 Å². The number of rotatable bonds is 5. The second-order valence-corrected chi connectivity index (χ2v) is 9.52. The van der Waals surface area contributed by atoms with Crippen molar-refractivity contribution in [1.29, 1.82) is 0 Å². The van der Waals surface area contributed by atoms with Gasteiger partial charge in [0, 0.05) is 0 Å². The predicted octanol–water partition coefficient (Wildman–Crippen LogP) is 6.06. The van der Waals surface area contributed by atoms with E-state index in [9.17, 15) is 0 Å². The first kappa shape index (κ1) is 18.9. The van der Waals surface area contributed by atoms with Gasteiger partial charge in [-0.1, -0.05) is 0 Å². The van der Waals surface area contributed by atoms with Gasteiger partial charge >= 0.3 is 184 Å². The molecule has 2 nitrogen and oxygen atoms in total. The van der Waals surface area contributed by atoms with Gasteiger partial charge in [0.1, 0.15) is 0 Å². The maximum atomic E-state index is 5.28. The minimum absolute atomic E-state index is 0.0989. The summed E-state index contributed by atoms with van der Waals surface area (Å²) in [6.45, 7) is 0. The summed E-state index contributed by atoms with van der Waals surface area (Å²) >= 11 is 0.188. The van der Waals surface area contributed by atoms with E-state index in [2.05, 4.69) is 126 Å². The molecule has 0 aliphatic carbocycles. The number of hydrogen-bond acceptors (Lipinski definition) is 2. The monoisotopic (exact) mass is 454 g/mol. The first-order valence-corrected chi connectivity index (χ1v) is 12.0. The topological polar surface area (TPSA) is 15.6 Å². The molecule has 2 atom stereocenters. The van der Waals surface area contributed by atoms with Crippen LogP contribution in [0.5, 0.6) is 0 Å². The van der Waals surface area contributed by atoms with Crippen molar-refractivity contribution < 1.29 is 0 Å². The van der Waals surface area contributed by atoms with Gasteiger partial charge < -0.3 is 0 Å². The zero-order valence-corrected chi connectivity index (χ0v) is 18.2. The van der Waals surface area contributed by atoms with Crippen LogP contribution >= 0.6 is 0 Å². The summed E-state index contributed by atoms with van der Waals surface area (Å²) in [7, 11) is 0. The molecule has 3 heteroatoms. The Kier molecular flexibility index (Phi) is 5.48. The van der Waals surface area contributed by atoms with E-state index >= 15 is 0 Å². The second kappa shape index (κ2) is 8.71. The number of hydrogen-bond donors (Lipinski definition) is 0. The van der Waals surface area contributed by atoms with Crippen molar-refractivity contribution in [3.63, 3.8) is 0 Å². The zero-order chi connectivity index (χ0) is 20.2. The van der Waals surface area contributed by atoms with Crippen LogP contribution in [0.2, 0.25) is 0 Å². The fraction of sp³-hybridized carbons (Fsp3) is 0.0741. The Morgan fingerprint density at radius 1 is 0.567 bits per heavy atom. The van der Waals surface area contributed by atoms with Crippen LogP contribution in [0.4, 0.5) is 11.4 Å².